The summed E-state index contributed by atoms with van der Waals surface area (Å²) in [6, 6.07) is 2.87. The van der Waals surface area contributed by atoms with E-state index in [2.05, 4.69) is 4.90 Å². The summed E-state index contributed by atoms with van der Waals surface area (Å²) in [4.78, 5) is 16.4. The first-order valence-corrected chi connectivity index (χ1v) is 7.91. The molecule has 1 amide bonds. The molecule has 0 aliphatic carbocycles. The number of halogens is 3. The topological polar surface area (TPSA) is 23.6 Å². The van der Waals surface area contributed by atoms with Crippen LogP contribution in [0.2, 0.25) is 10.0 Å². The van der Waals surface area contributed by atoms with E-state index in [-0.39, 0.29) is 23.0 Å². The monoisotopic (exact) mass is 330 g/mol. The number of fused-ring (bicyclic) bond motifs is 1. The highest BCUT2D eigenvalue weighted by molar-refractivity contribution is 6.35. The van der Waals surface area contributed by atoms with Crippen molar-refractivity contribution in [1.82, 2.24) is 9.80 Å². The molecule has 2 saturated heterocycles. The highest BCUT2D eigenvalue weighted by Crippen LogP contribution is 2.30. The van der Waals surface area contributed by atoms with Crippen LogP contribution in [0, 0.1) is 5.82 Å². The van der Waals surface area contributed by atoms with Gasteiger partial charge in [-0.15, -0.1) is 0 Å². The molecule has 2 atom stereocenters. The molecule has 0 aromatic heterocycles. The SMILES string of the molecule is C[C@H]1C(=O)N2CCC[C@@H]2CN1Cc1cc(F)c(Cl)cc1Cl. The van der Waals surface area contributed by atoms with Gasteiger partial charge in [-0.2, -0.15) is 0 Å². The predicted octanol–water partition coefficient (Wildman–Crippen LogP) is 3.33. The first-order chi connectivity index (χ1) is 9.97. The maximum Gasteiger partial charge on any atom is 0.239 e. The van der Waals surface area contributed by atoms with Gasteiger partial charge in [0.25, 0.3) is 0 Å². The van der Waals surface area contributed by atoms with Crippen molar-refractivity contribution in [3.05, 3.63) is 33.6 Å². The Kier molecular flexibility index (Phi) is 4.12. The lowest BCUT2D eigenvalue weighted by Crippen LogP contribution is -2.58. The van der Waals surface area contributed by atoms with Gasteiger partial charge >= 0.3 is 0 Å². The molecule has 6 heteroatoms. The van der Waals surface area contributed by atoms with Crippen molar-refractivity contribution < 1.29 is 9.18 Å². The molecule has 0 N–H and O–H groups in total. The third kappa shape index (κ3) is 2.77. The Morgan fingerprint density at radius 3 is 2.86 bits per heavy atom. The summed E-state index contributed by atoms with van der Waals surface area (Å²) in [7, 11) is 0. The average Bonchev–Trinajstić information content (AvgIpc) is 2.90. The molecule has 1 aromatic rings. The molecule has 2 fully saturated rings. The van der Waals surface area contributed by atoms with E-state index in [9.17, 15) is 9.18 Å². The molecule has 1 aromatic carbocycles. The van der Waals surface area contributed by atoms with Gasteiger partial charge in [0.15, 0.2) is 0 Å². The van der Waals surface area contributed by atoms with E-state index < -0.39 is 5.82 Å². The quantitative estimate of drug-likeness (QED) is 0.776. The standard InChI is InChI=1S/C15H17Cl2FN2O/c1-9-15(21)20-4-2-3-11(20)8-19(9)7-10-5-14(18)13(17)6-12(10)16/h5-6,9,11H,2-4,7-8H2,1H3/t9-,11+/m0/s1. The van der Waals surface area contributed by atoms with Gasteiger partial charge in [0.2, 0.25) is 5.91 Å². The van der Waals surface area contributed by atoms with Gasteiger partial charge in [-0.1, -0.05) is 23.2 Å². The average molecular weight is 331 g/mol. The van der Waals surface area contributed by atoms with E-state index >= 15 is 0 Å². The Labute approximate surface area is 133 Å². The van der Waals surface area contributed by atoms with Gasteiger partial charge in [-0.05, 0) is 37.5 Å². The third-order valence-corrected chi connectivity index (χ3v) is 5.11. The Morgan fingerprint density at radius 2 is 2.10 bits per heavy atom. The van der Waals surface area contributed by atoms with Crippen molar-refractivity contribution >= 4 is 29.1 Å². The van der Waals surface area contributed by atoms with E-state index in [4.69, 9.17) is 23.2 Å². The molecule has 2 aliphatic rings. The second-order valence-electron chi connectivity index (χ2n) is 5.79. The van der Waals surface area contributed by atoms with Crippen molar-refractivity contribution in [2.75, 3.05) is 13.1 Å². The van der Waals surface area contributed by atoms with Crippen molar-refractivity contribution in [1.29, 1.82) is 0 Å². The van der Waals surface area contributed by atoms with E-state index in [1.54, 1.807) is 0 Å². The number of hydrogen-bond donors (Lipinski definition) is 0. The lowest BCUT2D eigenvalue weighted by Gasteiger charge is -2.41. The summed E-state index contributed by atoms with van der Waals surface area (Å²) in [5.41, 5.74) is 0.671. The number of amides is 1. The predicted molar refractivity (Wildman–Crippen MR) is 81.0 cm³/mol. The van der Waals surface area contributed by atoms with Gasteiger partial charge in [0.05, 0.1) is 11.1 Å². The minimum absolute atomic E-state index is 0.0217. The van der Waals surface area contributed by atoms with Crippen LogP contribution in [0.4, 0.5) is 4.39 Å². The fraction of sp³-hybridized carbons (Fsp3) is 0.533. The zero-order valence-corrected chi connectivity index (χ0v) is 13.3. The number of carbonyl (C=O) groups is 1. The Hall–Kier alpha value is -0.840. The van der Waals surface area contributed by atoms with Crippen molar-refractivity contribution in [3.63, 3.8) is 0 Å². The fourth-order valence-corrected chi connectivity index (χ4v) is 3.69. The smallest absolute Gasteiger partial charge is 0.239 e. The van der Waals surface area contributed by atoms with Crippen LogP contribution in [-0.4, -0.2) is 40.9 Å². The number of hydrogen-bond acceptors (Lipinski definition) is 2. The second-order valence-corrected chi connectivity index (χ2v) is 6.61. The van der Waals surface area contributed by atoms with E-state index in [1.165, 1.54) is 12.1 Å². The summed E-state index contributed by atoms with van der Waals surface area (Å²) in [6.07, 6.45) is 2.10. The van der Waals surface area contributed by atoms with Crippen LogP contribution >= 0.6 is 23.2 Å². The van der Waals surface area contributed by atoms with E-state index in [0.717, 1.165) is 25.9 Å². The molecule has 114 valence electrons. The van der Waals surface area contributed by atoms with Gasteiger partial charge in [0.1, 0.15) is 5.82 Å². The zero-order valence-electron chi connectivity index (χ0n) is 11.8. The largest absolute Gasteiger partial charge is 0.337 e. The fourth-order valence-electron chi connectivity index (χ4n) is 3.25. The normalized spacial score (nSPS) is 26.3. The van der Waals surface area contributed by atoms with Gasteiger partial charge in [-0.3, -0.25) is 9.69 Å². The molecule has 3 rings (SSSR count). The summed E-state index contributed by atoms with van der Waals surface area (Å²) >= 11 is 11.9. The third-order valence-electron chi connectivity index (χ3n) is 4.47. The first kappa shape index (κ1) is 15.1. The number of piperazine rings is 1. The van der Waals surface area contributed by atoms with Crippen LogP contribution in [0.5, 0.6) is 0 Å². The molecule has 2 heterocycles. The molecule has 0 saturated carbocycles. The number of benzene rings is 1. The van der Waals surface area contributed by atoms with Gasteiger partial charge < -0.3 is 4.90 Å². The molecule has 0 spiro atoms. The highest BCUT2D eigenvalue weighted by atomic mass is 35.5. The molecular formula is C15H17Cl2FN2O. The lowest BCUT2D eigenvalue weighted by molar-refractivity contribution is -0.143. The van der Waals surface area contributed by atoms with Crippen LogP contribution in [0.3, 0.4) is 0 Å². The Morgan fingerprint density at radius 1 is 1.33 bits per heavy atom. The molecule has 21 heavy (non-hydrogen) atoms. The lowest BCUT2D eigenvalue weighted by atomic mass is 10.1. The molecular weight excluding hydrogens is 314 g/mol. The van der Waals surface area contributed by atoms with E-state index in [1.807, 2.05) is 11.8 Å². The maximum absolute atomic E-state index is 13.6. The van der Waals surface area contributed by atoms with Gasteiger partial charge in [-0.25, -0.2) is 4.39 Å². The summed E-state index contributed by atoms with van der Waals surface area (Å²) in [5, 5.41) is 0.461. The zero-order chi connectivity index (χ0) is 15.1. The minimum atomic E-state index is -0.477. The van der Waals surface area contributed by atoms with Crippen molar-refractivity contribution in [2.45, 2.75) is 38.4 Å². The van der Waals surface area contributed by atoms with Crippen molar-refractivity contribution in [2.24, 2.45) is 0 Å². The highest BCUT2D eigenvalue weighted by Gasteiger charge is 2.40. The summed E-state index contributed by atoms with van der Waals surface area (Å²) < 4.78 is 13.6. The number of carbonyl (C=O) groups excluding carboxylic acids is 1. The van der Waals surface area contributed by atoms with E-state index in [0.29, 0.717) is 17.1 Å². The van der Waals surface area contributed by atoms with Crippen LogP contribution in [0.1, 0.15) is 25.3 Å². The first-order valence-electron chi connectivity index (χ1n) is 7.15. The number of nitrogens with zero attached hydrogens (tertiary/aromatic N) is 2. The number of rotatable bonds is 2. The van der Waals surface area contributed by atoms with Crippen LogP contribution < -0.4 is 0 Å². The van der Waals surface area contributed by atoms with Crippen molar-refractivity contribution in [3.8, 4) is 0 Å². The Balaban J connectivity index is 1.81. The minimum Gasteiger partial charge on any atom is -0.337 e. The van der Waals surface area contributed by atoms with Gasteiger partial charge in [0, 0.05) is 30.7 Å². The van der Waals surface area contributed by atoms with Crippen LogP contribution in [-0.2, 0) is 11.3 Å². The summed E-state index contributed by atoms with van der Waals surface area (Å²) in [6.45, 7) is 4.03. The molecule has 0 radical (unpaired) electrons. The van der Waals surface area contributed by atoms with Crippen LogP contribution in [0.15, 0.2) is 12.1 Å². The summed E-state index contributed by atoms with van der Waals surface area (Å²) in [5.74, 6) is -0.316. The molecule has 2 aliphatic heterocycles. The molecule has 3 nitrogen and oxygen atoms in total. The Bertz CT molecular complexity index is 581. The maximum atomic E-state index is 13.6. The molecule has 0 unspecified atom stereocenters. The second kappa shape index (κ2) is 5.75. The van der Waals surface area contributed by atoms with Crippen LogP contribution in [0.25, 0.3) is 0 Å². The molecule has 0 bridgehead atoms.